The van der Waals surface area contributed by atoms with Crippen LogP contribution >= 0.6 is 7.60 Å². The minimum atomic E-state index is -4.22. The van der Waals surface area contributed by atoms with Crippen LogP contribution in [-0.4, -0.2) is 9.79 Å². The fourth-order valence-corrected chi connectivity index (χ4v) is 2.39. The van der Waals surface area contributed by atoms with Gasteiger partial charge in [-0.25, -0.2) is 0 Å². The summed E-state index contributed by atoms with van der Waals surface area (Å²) in [4.78, 5) is 18.5. The predicted octanol–water partition coefficient (Wildman–Crippen LogP) is 3.57. The Morgan fingerprint density at radius 1 is 0.895 bits per heavy atom. The standard InChI is InChI=1S/C12H11O3P.C3H8/c13-16(14,15)12-9-5-4-8-11(12)10-6-2-1-3-7-10;1-3-2/h1-9H,(H2,13,14,15);3H2,1-2H3. The molecule has 0 saturated carbocycles. The Morgan fingerprint density at radius 3 is 1.89 bits per heavy atom. The molecule has 102 valence electrons. The van der Waals surface area contributed by atoms with Gasteiger partial charge in [0, 0.05) is 0 Å². The van der Waals surface area contributed by atoms with Gasteiger partial charge in [-0.15, -0.1) is 0 Å². The van der Waals surface area contributed by atoms with Gasteiger partial charge in [0.25, 0.3) is 0 Å². The van der Waals surface area contributed by atoms with Gasteiger partial charge in [-0.2, -0.15) is 0 Å². The van der Waals surface area contributed by atoms with Crippen molar-refractivity contribution in [1.29, 1.82) is 0 Å². The van der Waals surface area contributed by atoms with Crippen LogP contribution in [0.1, 0.15) is 20.3 Å². The largest absolute Gasteiger partial charge is 0.356 e. The second kappa shape index (κ2) is 7.25. The summed E-state index contributed by atoms with van der Waals surface area (Å²) >= 11 is 0. The molecule has 3 nitrogen and oxygen atoms in total. The van der Waals surface area contributed by atoms with E-state index in [0.717, 1.165) is 5.56 Å². The van der Waals surface area contributed by atoms with Crippen molar-refractivity contribution in [3.63, 3.8) is 0 Å². The van der Waals surface area contributed by atoms with E-state index >= 15 is 0 Å². The molecule has 0 fully saturated rings. The molecule has 2 rings (SSSR count). The fraction of sp³-hybridized carbons (Fsp3) is 0.200. The number of hydrogen-bond acceptors (Lipinski definition) is 1. The summed E-state index contributed by atoms with van der Waals surface area (Å²) in [5.41, 5.74) is 1.39. The lowest BCUT2D eigenvalue weighted by molar-refractivity contribution is 0.387. The van der Waals surface area contributed by atoms with Crippen LogP contribution in [0.5, 0.6) is 0 Å². The SMILES string of the molecule is CCC.O=P(O)(O)c1ccccc1-c1ccccc1. The molecule has 0 unspecified atom stereocenters. The van der Waals surface area contributed by atoms with Crippen molar-refractivity contribution < 1.29 is 14.4 Å². The van der Waals surface area contributed by atoms with Gasteiger partial charge in [0.15, 0.2) is 0 Å². The third-order valence-corrected chi connectivity index (χ3v) is 3.32. The van der Waals surface area contributed by atoms with Gasteiger partial charge in [0.05, 0.1) is 5.30 Å². The molecule has 4 heteroatoms. The summed E-state index contributed by atoms with van der Waals surface area (Å²) in [6.07, 6.45) is 1.25. The minimum Gasteiger partial charge on any atom is -0.321 e. The Labute approximate surface area is 114 Å². The van der Waals surface area contributed by atoms with E-state index in [4.69, 9.17) is 0 Å². The molecule has 0 aliphatic heterocycles. The highest BCUT2D eigenvalue weighted by Crippen LogP contribution is 2.37. The van der Waals surface area contributed by atoms with Crippen molar-refractivity contribution in [2.75, 3.05) is 0 Å². The third-order valence-electron chi connectivity index (χ3n) is 2.30. The third kappa shape index (κ3) is 4.64. The number of hydrogen-bond donors (Lipinski definition) is 2. The van der Waals surface area contributed by atoms with Crippen molar-refractivity contribution in [3.05, 3.63) is 54.6 Å². The molecule has 0 spiro atoms. The van der Waals surface area contributed by atoms with E-state index in [0.29, 0.717) is 5.56 Å². The maximum absolute atomic E-state index is 11.3. The molecule has 2 N–H and O–H groups in total. The van der Waals surface area contributed by atoms with Crippen LogP contribution in [0.2, 0.25) is 0 Å². The molecular weight excluding hydrogens is 259 g/mol. The first kappa shape index (κ1) is 15.6. The number of benzene rings is 2. The summed E-state index contributed by atoms with van der Waals surface area (Å²) < 4.78 is 11.3. The monoisotopic (exact) mass is 278 g/mol. The summed E-state index contributed by atoms with van der Waals surface area (Å²) in [7, 11) is -4.22. The predicted molar refractivity (Wildman–Crippen MR) is 79.5 cm³/mol. The van der Waals surface area contributed by atoms with E-state index in [-0.39, 0.29) is 5.30 Å². The minimum absolute atomic E-state index is 0.0706. The second-order valence-electron chi connectivity index (χ2n) is 4.13. The molecule has 0 bridgehead atoms. The van der Waals surface area contributed by atoms with Crippen LogP contribution in [0.25, 0.3) is 11.1 Å². The second-order valence-corrected chi connectivity index (χ2v) is 5.70. The lowest BCUT2D eigenvalue weighted by Gasteiger charge is -2.10. The van der Waals surface area contributed by atoms with Crippen molar-refractivity contribution in [1.82, 2.24) is 0 Å². The molecule has 2 aromatic rings. The molecule has 0 saturated heterocycles. The molecule has 0 aromatic heterocycles. The van der Waals surface area contributed by atoms with Gasteiger partial charge >= 0.3 is 7.60 Å². The van der Waals surface area contributed by atoms with E-state index in [9.17, 15) is 14.4 Å². The molecule has 0 aliphatic carbocycles. The van der Waals surface area contributed by atoms with Crippen LogP contribution < -0.4 is 5.30 Å². The molecule has 0 amide bonds. The zero-order chi connectivity index (χ0) is 14.3. The Morgan fingerprint density at radius 2 is 1.37 bits per heavy atom. The lowest BCUT2D eigenvalue weighted by Crippen LogP contribution is -2.07. The molecular formula is C15H19O3P. The van der Waals surface area contributed by atoms with Crippen LogP contribution in [-0.2, 0) is 4.57 Å². The average molecular weight is 278 g/mol. The Hall–Kier alpha value is -1.41. The quantitative estimate of drug-likeness (QED) is 0.826. The topological polar surface area (TPSA) is 57.5 Å². The van der Waals surface area contributed by atoms with E-state index < -0.39 is 7.60 Å². The van der Waals surface area contributed by atoms with Gasteiger partial charge in [0.2, 0.25) is 0 Å². The zero-order valence-electron chi connectivity index (χ0n) is 11.2. The van der Waals surface area contributed by atoms with Crippen LogP contribution in [0.15, 0.2) is 54.6 Å². The first-order chi connectivity index (χ1) is 9.00. The van der Waals surface area contributed by atoms with Gasteiger partial charge in [-0.3, -0.25) is 4.57 Å². The van der Waals surface area contributed by atoms with Gasteiger partial charge < -0.3 is 9.79 Å². The highest BCUT2D eigenvalue weighted by atomic mass is 31.2. The Bertz CT molecular complexity index is 546. The van der Waals surface area contributed by atoms with E-state index in [1.807, 2.05) is 30.3 Å². The Kier molecular flexibility index (Phi) is 5.97. The maximum Gasteiger partial charge on any atom is 0.356 e. The van der Waals surface area contributed by atoms with E-state index in [1.165, 1.54) is 12.5 Å². The normalized spacial score (nSPS) is 10.5. The lowest BCUT2D eigenvalue weighted by atomic mass is 10.1. The van der Waals surface area contributed by atoms with Gasteiger partial charge in [-0.1, -0.05) is 68.8 Å². The fourth-order valence-electron chi connectivity index (χ4n) is 1.59. The zero-order valence-corrected chi connectivity index (χ0v) is 12.0. The van der Waals surface area contributed by atoms with E-state index in [1.54, 1.807) is 18.2 Å². The molecule has 0 atom stereocenters. The smallest absolute Gasteiger partial charge is 0.321 e. The highest BCUT2D eigenvalue weighted by Gasteiger charge is 2.21. The first-order valence-electron chi connectivity index (χ1n) is 6.21. The Balaban J connectivity index is 0.000000550. The van der Waals surface area contributed by atoms with Crippen molar-refractivity contribution in [2.24, 2.45) is 0 Å². The van der Waals surface area contributed by atoms with Crippen molar-refractivity contribution in [3.8, 4) is 11.1 Å². The summed E-state index contributed by atoms with van der Waals surface area (Å²) in [6.45, 7) is 4.25. The van der Waals surface area contributed by atoms with Gasteiger partial charge in [-0.05, 0) is 17.2 Å². The van der Waals surface area contributed by atoms with Crippen LogP contribution in [0.4, 0.5) is 0 Å². The molecule has 0 radical (unpaired) electrons. The summed E-state index contributed by atoms with van der Waals surface area (Å²) in [6, 6.07) is 15.8. The number of rotatable bonds is 2. The van der Waals surface area contributed by atoms with Crippen molar-refractivity contribution >= 4 is 12.9 Å². The molecule has 19 heavy (non-hydrogen) atoms. The molecule has 2 aromatic carbocycles. The molecule has 0 heterocycles. The van der Waals surface area contributed by atoms with Crippen molar-refractivity contribution in [2.45, 2.75) is 20.3 Å². The van der Waals surface area contributed by atoms with Gasteiger partial charge in [0.1, 0.15) is 0 Å². The summed E-state index contributed by atoms with van der Waals surface area (Å²) in [5.74, 6) is 0. The van der Waals surface area contributed by atoms with Crippen LogP contribution in [0.3, 0.4) is 0 Å². The first-order valence-corrected chi connectivity index (χ1v) is 7.82. The van der Waals surface area contributed by atoms with E-state index in [2.05, 4.69) is 13.8 Å². The average Bonchev–Trinajstić information content (AvgIpc) is 2.40. The maximum atomic E-state index is 11.3. The molecule has 0 aliphatic rings. The van der Waals surface area contributed by atoms with Crippen LogP contribution in [0, 0.1) is 0 Å². The summed E-state index contributed by atoms with van der Waals surface area (Å²) in [5, 5.41) is 0.0706. The highest BCUT2D eigenvalue weighted by molar-refractivity contribution is 7.60.